The molecule has 3 rings (SSSR count). The molecule has 1 N–H and O–H groups in total. The maximum absolute atomic E-state index is 14.1. The van der Waals surface area contributed by atoms with Gasteiger partial charge in [-0.05, 0) is 73.0 Å². The Hall–Kier alpha value is -2.98. The Labute approximate surface area is 262 Å². The van der Waals surface area contributed by atoms with E-state index in [-0.39, 0.29) is 35.4 Å². The van der Waals surface area contributed by atoms with E-state index in [0.717, 1.165) is 4.31 Å². The van der Waals surface area contributed by atoms with Gasteiger partial charge in [-0.3, -0.25) is 13.9 Å². The molecule has 0 unspecified atom stereocenters. The predicted molar refractivity (Wildman–Crippen MR) is 168 cm³/mol. The Morgan fingerprint density at radius 2 is 1.52 bits per heavy atom. The first kappa shape index (κ1) is 33.5. The first-order valence-electron chi connectivity index (χ1n) is 13.3. The summed E-state index contributed by atoms with van der Waals surface area (Å²) >= 11 is 19.0. The summed E-state index contributed by atoms with van der Waals surface area (Å²) in [5.74, 6) is -0.323. The zero-order valence-electron chi connectivity index (χ0n) is 23.8. The lowest BCUT2D eigenvalue weighted by atomic mass is 10.1. The molecular formula is C30H34Cl3N3O5S. The molecule has 2 amide bonds. The second-order valence-corrected chi connectivity index (χ2v) is 13.1. The van der Waals surface area contributed by atoms with Crippen molar-refractivity contribution in [2.75, 3.05) is 24.5 Å². The molecule has 3 aromatic rings. The van der Waals surface area contributed by atoms with Gasteiger partial charge in [0.2, 0.25) is 11.8 Å². The van der Waals surface area contributed by atoms with Crippen LogP contribution in [0.15, 0.2) is 71.6 Å². The lowest BCUT2D eigenvalue weighted by molar-refractivity contribution is -0.140. The molecule has 0 heterocycles. The van der Waals surface area contributed by atoms with Crippen molar-refractivity contribution < 1.29 is 22.7 Å². The van der Waals surface area contributed by atoms with E-state index in [1.165, 1.54) is 60.5 Å². The van der Waals surface area contributed by atoms with Gasteiger partial charge in [0.05, 0.1) is 17.7 Å². The predicted octanol–water partition coefficient (Wildman–Crippen LogP) is 6.43. The zero-order chi connectivity index (χ0) is 31.0. The molecule has 8 nitrogen and oxygen atoms in total. The van der Waals surface area contributed by atoms with E-state index in [1.807, 2.05) is 13.8 Å². The van der Waals surface area contributed by atoms with Crippen LogP contribution in [0.3, 0.4) is 0 Å². The fourth-order valence-corrected chi connectivity index (χ4v) is 6.26. The average Bonchev–Trinajstić information content (AvgIpc) is 2.96. The summed E-state index contributed by atoms with van der Waals surface area (Å²) in [6.45, 7) is 5.39. The number of nitrogens with one attached hydrogen (secondary N) is 1. The van der Waals surface area contributed by atoms with Gasteiger partial charge in [-0.15, -0.1) is 0 Å². The number of carbonyl (C=O) groups is 2. The highest BCUT2D eigenvalue weighted by Crippen LogP contribution is 2.29. The third-order valence-corrected chi connectivity index (χ3v) is 9.25. The first-order valence-corrected chi connectivity index (χ1v) is 15.9. The van der Waals surface area contributed by atoms with Crippen LogP contribution in [0.5, 0.6) is 5.75 Å². The van der Waals surface area contributed by atoms with Crippen molar-refractivity contribution in [1.29, 1.82) is 0 Å². The summed E-state index contributed by atoms with van der Waals surface area (Å²) < 4.78 is 34.1. The number of ether oxygens (including phenoxy) is 1. The number of benzene rings is 3. The lowest BCUT2D eigenvalue weighted by Gasteiger charge is -2.33. The summed E-state index contributed by atoms with van der Waals surface area (Å²) in [7, 11) is -2.77. The summed E-state index contributed by atoms with van der Waals surface area (Å²) in [6.07, 6.45) is 0.268. The monoisotopic (exact) mass is 653 g/mol. The van der Waals surface area contributed by atoms with Gasteiger partial charge < -0.3 is 15.0 Å². The quantitative estimate of drug-likeness (QED) is 0.229. The van der Waals surface area contributed by atoms with E-state index in [0.29, 0.717) is 32.9 Å². The summed E-state index contributed by atoms with van der Waals surface area (Å²) in [5.41, 5.74) is 0.664. The van der Waals surface area contributed by atoms with Gasteiger partial charge in [-0.25, -0.2) is 8.42 Å². The number of anilines is 1. The number of amides is 2. The third kappa shape index (κ3) is 8.31. The van der Waals surface area contributed by atoms with Crippen LogP contribution in [0, 0.1) is 5.92 Å². The number of hydrogen-bond acceptors (Lipinski definition) is 5. The maximum Gasteiger partial charge on any atom is 0.264 e. The molecule has 0 aromatic heterocycles. The summed E-state index contributed by atoms with van der Waals surface area (Å²) in [4.78, 5) is 28.8. The van der Waals surface area contributed by atoms with Crippen LogP contribution in [-0.2, 0) is 26.2 Å². The SMILES string of the molecule is CC[C@H](C(=O)NCC(C)C)N(Cc1c(Cl)cccc1Cl)C(=O)CN(c1ccc(Cl)cc1)S(=O)(=O)c1ccc(OC)cc1. The second-order valence-electron chi connectivity index (χ2n) is 9.95. The summed E-state index contributed by atoms with van der Waals surface area (Å²) in [6, 6.07) is 16.0. The molecule has 0 aliphatic rings. The number of rotatable bonds is 13. The van der Waals surface area contributed by atoms with E-state index >= 15 is 0 Å². The van der Waals surface area contributed by atoms with Crippen molar-refractivity contribution in [3.05, 3.63) is 87.4 Å². The summed E-state index contributed by atoms with van der Waals surface area (Å²) in [5, 5.41) is 3.92. The van der Waals surface area contributed by atoms with E-state index in [1.54, 1.807) is 25.1 Å². The number of hydrogen-bond donors (Lipinski definition) is 1. The van der Waals surface area contributed by atoms with Crippen LogP contribution < -0.4 is 14.4 Å². The Bertz CT molecular complexity index is 1460. The van der Waals surface area contributed by atoms with Crippen molar-refractivity contribution in [2.45, 2.75) is 44.7 Å². The van der Waals surface area contributed by atoms with Crippen molar-refractivity contribution in [2.24, 2.45) is 5.92 Å². The van der Waals surface area contributed by atoms with Gasteiger partial charge in [0, 0.05) is 33.7 Å². The van der Waals surface area contributed by atoms with Gasteiger partial charge in [0.25, 0.3) is 10.0 Å². The largest absolute Gasteiger partial charge is 0.497 e. The Morgan fingerprint density at radius 3 is 2.05 bits per heavy atom. The van der Waals surface area contributed by atoms with E-state index in [2.05, 4.69) is 5.32 Å². The smallest absolute Gasteiger partial charge is 0.264 e. The van der Waals surface area contributed by atoms with Gasteiger partial charge in [0.15, 0.2) is 0 Å². The molecular weight excluding hydrogens is 621 g/mol. The maximum atomic E-state index is 14.1. The van der Waals surface area contributed by atoms with Gasteiger partial charge in [-0.1, -0.05) is 61.6 Å². The van der Waals surface area contributed by atoms with Crippen LogP contribution in [-0.4, -0.2) is 51.4 Å². The second kappa shape index (κ2) is 15.0. The minimum absolute atomic E-state index is 0.0477. The first-order chi connectivity index (χ1) is 19.9. The number of methoxy groups -OCH3 is 1. The molecule has 0 saturated carbocycles. The lowest BCUT2D eigenvalue weighted by Crippen LogP contribution is -2.52. The number of sulfonamides is 1. The van der Waals surface area contributed by atoms with Crippen LogP contribution in [0.1, 0.15) is 32.8 Å². The van der Waals surface area contributed by atoms with Crippen LogP contribution in [0.2, 0.25) is 15.1 Å². The van der Waals surface area contributed by atoms with Crippen LogP contribution in [0.4, 0.5) is 5.69 Å². The van der Waals surface area contributed by atoms with Crippen LogP contribution in [0.25, 0.3) is 0 Å². The molecule has 1 atom stereocenters. The van der Waals surface area contributed by atoms with Crippen molar-refractivity contribution in [1.82, 2.24) is 10.2 Å². The van der Waals surface area contributed by atoms with E-state index in [9.17, 15) is 18.0 Å². The highest BCUT2D eigenvalue weighted by molar-refractivity contribution is 7.92. The topological polar surface area (TPSA) is 96.0 Å². The van der Waals surface area contributed by atoms with Crippen molar-refractivity contribution in [3.8, 4) is 5.75 Å². The van der Waals surface area contributed by atoms with Gasteiger partial charge >= 0.3 is 0 Å². The number of carbonyl (C=O) groups excluding carboxylic acids is 2. The molecule has 0 saturated heterocycles. The van der Waals surface area contributed by atoms with Crippen molar-refractivity contribution in [3.63, 3.8) is 0 Å². The Kier molecular flexibility index (Phi) is 11.9. The highest BCUT2D eigenvalue weighted by atomic mass is 35.5. The Balaban J connectivity index is 2.08. The normalized spacial score (nSPS) is 12.1. The Morgan fingerprint density at radius 1 is 0.929 bits per heavy atom. The molecule has 0 aliphatic carbocycles. The average molecular weight is 655 g/mol. The molecule has 0 aliphatic heterocycles. The minimum Gasteiger partial charge on any atom is -0.497 e. The molecule has 0 bridgehead atoms. The van der Waals surface area contributed by atoms with Crippen LogP contribution >= 0.6 is 34.8 Å². The number of nitrogens with zero attached hydrogens (tertiary/aromatic N) is 2. The van der Waals surface area contributed by atoms with Gasteiger partial charge in [0.1, 0.15) is 18.3 Å². The molecule has 12 heteroatoms. The molecule has 42 heavy (non-hydrogen) atoms. The van der Waals surface area contributed by atoms with E-state index in [4.69, 9.17) is 39.5 Å². The third-order valence-electron chi connectivity index (χ3n) is 6.50. The van der Waals surface area contributed by atoms with Gasteiger partial charge in [-0.2, -0.15) is 0 Å². The molecule has 0 spiro atoms. The molecule has 0 radical (unpaired) electrons. The van der Waals surface area contributed by atoms with Crippen molar-refractivity contribution >= 4 is 62.3 Å². The highest BCUT2D eigenvalue weighted by Gasteiger charge is 2.34. The molecule has 3 aromatic carbocycles. The van der Waals surface area contributed by atoms with E-state index < -0.39 is 28.5 Å². The zero-order valence-corrected chi connectivity index (χ0v) is 26.9. The molecule has 0 fully saturated rings. The fourth-order valence-electron chi connectivity index (χ4n) is 4.21. The minimum atomic E-state index is -4.25. The fraction of sp³-hybridized carbons (Fsp3) is 0.333. The molecule has 226 valence electrons. The standard InChI is InChI=1S/C30H34Cl3N3O5S/c1-5-28(30(38)34-17-20(2)3)35(18-25-26(32)7-6-8-27(25)33)29(37)19-36(22-11-9-21(31)10-12-22)42(39,40)24-15-13-23(41-4)14-16-24/h6-16,20,28H,5,17-19H2,1-4H3,(H,34,38)/t28-/m1/s1. The number of halogens is 3.